The Labute approximate surface area is 121 Å². The largest absolute Gasteiger partial charge is 0.481 e. The molecular weight excluding hydrogens is 285 g/mol. The van der Waals surface area contributed by atoms with Crippen molar-refractivity contribution in [2.24, 2.45) is 5.92 Å². The highest BCUT2D eigenvalue weighted by Gasteiger charge is 2.29. The van der Waals surface area contributed by atoms with Crippen molar-refractivity contribution < 1.29 is 19.1 Å². The van der Waals surface area contributed by atoms with Gasteiger partial charge in [0.15, 0.2) is 0 Å². The monoisotopic (exact) mass is 299 g/mol. The number of rotatable bonds is 3. The lowest BCUT2D eigenvalue weighted by atomic mass is 10.1. The Bertz CT molecular complexity index is 562. The summed E-state index contributed by atoms with van der Waals surface area (Å²) in [4.78, 5) is 24.5. The van der Waals surface area contributed by atoms with Crippen LogP contribution in [-0.2, 0) is 4.79 Å². The third kappa shape index (κ3) is 3.10. The molecule has 1 amide bonds. The molecule has 6 heteroatoms. The zero-order chi connectivity index (χ0) is 14.9. The third-order valence-corrected chi connectivity index (χ3v) is 3.83. The molecule has 0 aromatic heterocycles. The zero-order valence-corrected chi connectivity index (χ0v) is 11.8. The molecule has 1 aromatic carbocycles. The Morgan fingerprint density at radius 3 is 2.85 bits per heavy atom. The van der Waals surface area contributed by atoms with Crippen molar-refractivity contribution in [3.8, 4) is 0 Å². The molecule has 1 heterocycles. The maximum absolute atomic E-state index is 13.5. The van der Waals surface area contributed by atoms with Crippen molar-refractivity contribution in [3.05, 3.63) is 34.1 Å². The van der Waals surface area contributed by atoms with Crippen LogP contribution in [0.5, 0.6) is 0 Å². The van der Waals surface area contributed by atoms with Crippen LogP contribution in [-0.4, -0.2) is 35.0 Å². The summed E-state index contributed by atoms with van der Waals surface area (Å²) in [6.45, 7) is 2.42. The quantitative estimate of drug-likeness (QED) is 0.933. The van der Waals surface area contributed by atoms with Gasteiger partial charge in [0.05, 0.1) is 10.6 Å². The van der Waals surface area contributed by atoms with Crippen molar-refractivity contribution >= 4 is 23.5 Å². The van der Waals surface area contributed by atoms with E-state index in [1.807, 2.05) is 0 Å². The molecule has 0 spiro atoms. The molecule has 2 rings (SSSR count). The predicted octanol–water partition coefficient (Wildman–Crippen LogP) is 2.72. The predicted molar refractivity (Wildman–Crippen MR) is 72.4 cm³/mol. The average molecular weight is 300 g/mol. The standard InChI is InChI=1S/C14H15ClFNO3/c1-8-4-11(15)10(6-12(8)16)14(20)17-3-2-9(7-17)5-13(18)19/h4,6,9H,2-3,5,7H2,1H3,(H,18,19). The molecular formula is C14H15ClFNO3. The highest BCUT2D eigenvalue weighted by molar-refractivity contribution is 6.33. The van der Waals surface area contributed by atoms with Gasteiger partial charge < -0.3 is 10.0 Å². The summed E-state index contributed by atoms with van der Waals surface area (Å²) in [5, 5.41) is 8.97. The first-order chi connectivity index (χ1) is 9.38. The number of carboxylic acids is 1. The molecule has 1 unspecified atom stereocenters. The summed E-state index contributed by atoms with van der Waals surface area (Å²) >= 11 is 5.99. The second-order valence-corrected chi connectivity index (χ2v) is 5.49. The number of benzene rings is 1. The maximum Gasteiger partial charge on any atom is 0.303 e. The lowest BCUT2D eigenvalue weighted by molar-refractivity contribution is -0.138. The molecule has 20 heavy (non-hydrogen) atoms. The number of carbonyl (C=O) groups is 2. The Balaban J connectivity index is 2.13. The van der Waals surface area contributed by atoms with E-state index in [1.165, 1.54) is 11.0 Å². The van der Waals surface area contributed by atoms with Crippen LogP contribution in [0.25, 0.3) is 0 Å². The van der Waals surface area contributed by atoms with E-state index < -0.39 is 11.8 Å². The molecule has 4 nitrogen and oxygen atoms in total. The first kappa shape index (κ1) is 14.8. The number of hydrogen-bond acceptors (Lipinski definition) is 2. The number of aliphatic carboxylic acids is 1. The highest BCUT2D eigenvalue weighted by atomic mass is 35.5. The fraction of sp³-hybridized carbons (Fsp3) is 0.429. The van der Waals surface area contributed by atoms with Crippen molar-refractivity contribution in [2.75, 3.05) is 13.1 Å². The van der Waals surface area contributed by atoms with Gasteiger partial charge in [-0.05, 0) is 37.0 Å². The van der Waals surface area contributed by atoms with Crippen LogP contribution in [0.3, 0.4) is 0 Å². The first-order valence-electron chi connectivity index (χ1n) is 6.35. The lowest BCUT2D eigenvalue weighted by Gasteiger charge is -2.17. The summed E-state index contributed by atoms with van der Waals surface area (Å²) in [6.07, 6.45) is 0.684. The van der Waals surface area contributed by atoms with Gasteiger partial charge in [-0.3, -0.25) is 9.59 Å². The SMILES string of the molecule is Cc1cc(Cl)c(C(=O)N2CCC(CC(=O)O)C2)cc1F. The number of carbonyl (C=O) groups excluding carboxylic acids is 1. The Hall–Kier alpha value is -1.62. The first-order valence-corrected chi connectivity index (χ1v) is 6.73. The third-order valence-electron chi connectivity index (χ3n) is 3.52. The minimum atomic E-state index is -0.872. The molecule has 1 saturated heterocycles. The van der Waals surface area contributed by atoms with Gasteiger partial charge in [0.2, 0.25) is 0 Å². The lowest BCUT2D eigenvalue weighted by Crippen LogP contribution is -2.29. The van der Waals surface area contributed by atoms with E-state index in [9.17, 15) is 14.0 Å². The molecule has 1 atom stereocenters. The van der Waals surface area contributed by atoms with E-state index in [0.717, 1.165) is 6.07 Å². The van der Waals surface area contributed by atoms with Crippen LogP contribution in [0.15, 0.2) is 12.1 Å². The van der Waals surface area contributed by atoms with Crippen LogP contribution in [0.2, 0.25) is 5.02 Å². The molecule has 0 bridgehead atoms. The maximum atomic E-state index is 13.5. The van der Waals surface area contributed by atoms with Gasteiger partial charge in [0.1, 0.15) is 5.82 Å². The highest BCUT2D eigenvalue weighted by Crippen LogP contribution is 2.26. The number of likely N-dealkylation sites (tertiary alicyclic amines) is 1. The van der Waals surface area contributed by atoms with E-state index in [4.69, 9.17) is 16.7 Å². The van der Waals surface area contributed by atoms with E-state index in [2.05, 4.69) is 0 Å². The van der Waals surface area contributed by atoms with Crippen molar-refractivity contribution in [2.45, 2.75) is 19.8 Å². The number of amides is 1. The molecule has 0 saturated carbocycles. The van der Waals surface area contributed by atoms with E-state index in [1.54, 1.807) is 6.92 Å². The number of aryl methyl sites for hydroxylation is 1. The smallest absolute Gasteiger partial charge is 0.303 e. The van der Waals surface area contributed by atoms with Gasteiger partial charge in [0, 0.05) is 19.5 Å². The number of carboxylic acid groups (broad SMARTS) is 1. The topological polar surface area (TPSA) is 57.6 Å². The van der Waals surface area contributed by atoms with E-state index in [-0.39, 0.29) is 28.8 Å². The summed E-state index contributed by atoms with van der Waals surface area (Å²) < 4.78 is 13.5. The van der Waals surface area contributed by atoms with Gasteiger partial charge in [-0.2, -0.15) is 0 Å². The Morgan fingerprint density at radius 2 is 2.20 bits per heavy atom. The summed E-state index contributed by atoms with van der Waals surface area (Å²) in [6, 6.07) is 2.57. The molecule has 1 aromatic rings. The normalized spacial score (nSPS) is 18.4. The molecule has 1 aliphatic rings. The van der Waals surface area contributed by atoms with Gasteiger partial charge in [-0.25, -0.2) is 4.39 Å². The van der Waals surface area contributed by atoms with Crippen molar-refractivity contribution in [3.63, 3.8) is 0 Å². The molecule has 1 aliphatic heterocycles. The number of hydrogen-bond donors (Lipinski definition) is 1. The van der Waals surface area contributed by atoms with Crippen LogP contribution in [0.4, 0.5) is 4.39 Å². The van der Waals surface area contributed by atoms with Crippen molar-refractivity contribution in [1.29, 1.82) is 0 Å². The Morgan fingerprint density at radius 1 is 1.50 bits per heavy atom. The van der Waals surface area contributed by atoms with Crippen LogP contribution < -0.4 is 0 Å². The number of nitrogens with zero attached hydrogens (tertiary/aromatic N) is 1. The van der Waals surface area contributed by atoms with Gasteiger partial charge in [-0.15, -0.1) is 0 Å². The van der Waals surface area contributed by atoms with E-state index >= 15 is 0 Å². The second kappa shape index (κ2) is 5.79. The molecule has 1 N–H and O–H groups in total. The fourth-order valence-corrected chi connectivity index (χ4v) is 2.71. The summed E-state index contributed by atoms with van der Waals surface area (Å²) in [5.74, 6) is -1.74. The fourth-order valence-electron chi connectivity index (χ4n) is 2.41. The van der Waals surface area contributed by atoms with Crippen molar-refractivity contribution in [1.82, 2.24) is 4.90 Å². The second-order valence-electron chi connectivity index (χ2n) is 5.08. The molecule has 0 aliphatic carbocycles. The van der Waals surface area contributed by atoms with Crippen LogP contribution >= 0.6 is 11.6 Å². The minimum absolute atomic E-state index is 0.0414. The summed E-state index contributed by atoms with van der Waals surface area (Å²) in [7, 11) is 0. The minimum Gasteiger partial charge on any atom is -0.481 e. The van der Waals surface area contributed by atoms with E-state index in [0.29, 0.717) is 25.1 Å². The molecule has 0 radical (unpaired) electrons. The Kier molecular flexibility index (Phi) is 4.28. The molecule has 1 fully saturated rings. The van der Waals surface area contributed by atoms with Crippen LogP contribution in [0.1, 0.15) is 28.8 Å². The van der Waals surface area contributed by atoms with Crippen LogP contribution in [0, 0.1) is 18.7 Å². The summed E-state index contributed by atoms with van der Waals surface area (Å²) in [5.41, 5.74) is 0.516. The zero-order valence-electron chi connectivity index (χ0n) is 11.0. The van der Waals surface area contributed by atoms with Gasteiger partial charge in [-0.1, -0.05) is 11.6 Å². The average Bonchev–Trinajstić information content (AvgIpc) is 2.80. The van der Waals surface area contributed by atoms with Gasteiger partial charge >= 0.3 is 5.97 Å². The molecule has 108 valence electrons. The number of halogens is 2. The van der Waals surface area contributed by atoms with Gasteiger partial charge in [0.25, 0.3) is 5.91 Å².